The molecule has 0 unspecified atom stereocenters. The molecule has 0 radical (unpaired) electrons. The van der Waals surface area contributed by atoms with E-state index in [4.69, 9.17) is 11.6 Å². The number of thiazole rings is 1. The minimum Gasteiger partial charge on any atom is -0.241 e. The van der Waals surface area contributed by atoms with E-state index in [-0.39, 0.29) is 5.02 Å². The molecule has 0 fully saturated rings. The summed E-state index contributed by atoms with van der Waals surface area (Å²) >= 11 is 7.26. The normalized spacial score (nSPS) is 10.6. The second kappa shape index (κ2) is 4.29. The smallest absolute Gasteiger partial charge is 0.141 e. The molecule has 0 atom stereocenters. The summed E-state index contributed by atoms with van der Waals surface area (Å²) in [5.41, 5.74) is 1.92. The molecule has 0 spiro atoms. The first-order valence-corrected chi connectivity index (χ1v) is 5.86. The Morgan fingerprint density at radius 2 is 2.27 bits per heavy atom. The van der Waals surface area contributed by atoms with Gasteiger partial charge in [-0.3, -0.25) is 0 Å². The molecule has 0 bridgehead atoms. The van der Waals surface area contributed by atoms with Crippen molar-refractivity contribution in [2.75, 3.05) is 0 Å². The van der Waals surface area contributed by atoms with Gasteiger partial charge in [-0.15, -0.1) is 11.3 Å². The van der Waals surface area contributed by atoms with Gasteiger partial charge in [0.25, 0.3) is 0 Å². The van der Waals surface area contributed by atoms with Gasteiger partial charge in [0.15, 0.2) is 0 Å². The Hall–Kier alpha value is -0.930. The summed E-state index contributed by atoms with van der Waals surface area (Å²) in [5.74, 6) is -0.396. The van der Waals surface area contributed by atoms with Crippen molar-refractivity contribution < 1.29 is 4.39 Å². The molecule has 0 N–H and O–H groups in total. The first-order valence-electron chi connectivity index (χ1n) is 4.60. The van der Waals surface area contributed by atoms with Crippen molar-refractivity contribution in [2.24, 2.45) is 0 Å². The van der Waals surface area contributed by atoms with E-state index < -0.39 is 5.82 Å². The van der Waals surface area contributed by atoms with Gasteiger partial charge in [0.1, 0.15) is 10.8 Å². The fraction of sp³-hybridized carbons (Fsp3) is 0.182. The first kappa shape index (κ1) is 10.6. The summed E-state index contributed by atoms with van der Waals surface area (Å²) in [7, 11) is 0. The average Bonchev–Trinajstić information content (AvgIpc) is 2.70. The average molecular weight is 242 g/mol. The van der Waals surface area contributed by atoms with Crippen molar-refractivity contribution in [3.05, 3.63) is 40.1 Å². The Morgan fingerprint density at radius 1 is 1.47 bits per heavy atom. The molecule has 1 aromatic heterocycles. The molecule has 0 amide bonds. The van der Waals surface area contributed by atoms with Gasteiger partial charge < -0.3 is 0 Å². The number of nitrogens with zero attached hydrogens (tertiary/aromatic N) is 1. The molecular weight excluding hydrogens is 233 g/mol. The second-order valence-corrected chi connectivity index (χ2v) is 4.39. The third-order valence-electron chi connectivity index (χ3n) is 2.08. The van der Waals surface area contributed by atoms with E-state index in [2.05, 4.69) is 11.9 Å². The summed E-state index contributed by atoms with van der Waals surface area (Å²) in [5, 5.41) is 3.03. The summed E-state index contributed by atoms with van der Waals surface area (Å²) in [6, 6.07) is 4.67. The highest BCUT2D eigenvalue weighted by Crippen LogP contribution is 2.27. The molecule has 0 saturated carbocycles. The van der Waals surface area contributed by atoms with Crippen LogP contribution in [0.2, 0.25) is 5.02 Å². The van der Waals surface area contributed by atoms with Gasteiger partial charge in [0.2, 0.25) is 0 Å². The Balaban J connectivity index is 2.40. The van der Waals surface area contributed by atoms with Crippen LogP contribution in [-0.4, -0.2) is 4.98 Å². The van der Waals surface area contributed by atoms with Gasteiger partial charge in [0, 0.05) is 10.9 Å². The number of hydrogen-bond acceptors (Lipinski definition) is 2. The molecule has 1 aromatic carbocycles. The predicted octanol–water partition coefficient (Wildman–Crippen LogP) is 4.17. The second-order valence-electron chi connectivity index (χ2n) is 3.13. The summed E-state index contributed by atoms with van der Waals surface area (Å²) < 4.78 is 12.9. The van der Waals surface area contributed by atoms with Gasteiger partial charge in [-0.1, -0.05) is 18.5 Å². The first-order chi connectivity index (χ1) is 7.20. The van der Waals surface area contributed by atoms with E-state index in [1.807, 2.05) is 5.38 Å². The molecule has 0 aliphatic rings. The number of aryl methyl sites for hydroxylation is 1. The molecule has 0 aliphatic heterocycles. The fourth-order valence-electron chi connectivity index (χ4n) is 1.23. The molecular formula is C11H9ClFNS. The number of halogens is 2. The van der Waals surface area contributed by atoms with Crippen molar-refractivity contribution in [1.29, 1.82) is 0 Å². The highest BCUT2D eigenvalue weighted by Gasteiger charge is 2.06. The van der Waals surface area contributed by atoms with Gasteiger partial charge in [-0.2, -0.15) is 0 Å². The van der Waals surface area contributed by atoms with Crippen LogP contribution in [0.1, 0.15) is 12.6 Å². The van der Waals surface area contributed by atoms with Gasteiger partial charge in [-0.05, 0) is 24.6 Å². The topological polar surface area (TPSA) is 12.9 Å². The SMILES string of the molecule is CCc1csc(-c2ccc(F)c(Cl)c2)n1. The lowest BCUT2D eigenvalue weighted by atomic mass is 10.2. The van der Waals surface area contributed by atoms with E-state index in [0.717, 1.165) is 22.7 Å². The zero-order chi connectivity index (χ0) is 10.8. The van der Waals surface area contributed by atoms with Crippen molar-refractivity contribution in [3.63, 3.8) is 0 Å². The lowest BCUT2D eigenvalue weighted by molar-refractivity contribution is 0.628. The van der Waals surface area contributed by atoms with Gasteiger partial charge in [0.05, 0.1) is 10.7 Å². The predicted molar refractivity (Wildman–Crippen MR) is 61.9 cm³/mol. The van der Waals surface area contributed by atoms with Crippen molar-refractivity contribution in [2.45, 2.75) is 13.3 Å². The van der Waals surface area contributed by atoms with E-state index in [0.29, 0.717) is 0 Å². The minimum atomic E-state index is -0.396. The van der Waals surface area contributed by atoms with Crippen molar-refractivity contribution in [3.8, 4) is 10.6 Å². The van der Waals surface area contributed by atoms with E-state index in [1.54, 1.807) is 23.5 Å². The van der Waals surface area contributed by atoms with Crippen LogP contribution >= 0.6 is 22.9 Å². The number of hydrogen-bond donors (Lipinski definition) is 0. The Kier molecular flexibility index (Phi) is 3.03. The molecule has 2 rings (SSSR count). The molecule has 4 heteroatoms. The molecule has 2 aromatic rings. The molecule has 0 aliphatic carbocycles. The van der Waals surface area contributed by atoms with E-state index in [9.17, 15) is 4.39 Å². The highest BCUT2D eigenvalue weighted by molar-refractivity contribution is 7.13. The lowest BCUT2D eigenvalue weighted by Gasteiger charge is -1.98. The van der Waals surface area contributed by atoms with Crippen LogP contribution in [0.4, 0.5) is 4.39 Å². The van der Waals surface area contributed by atoms with Crippen LogP contribution in [0.25, 0.3) is 10.6 Å². The van der Waals surface area contributed by atoms with Gasteiger partial charge >= 0.3 is 0 Å². The maximum absolute atomic E-state index is 12.9. The van der Waals surface area contributed by atoms with Crippen LogP contribution in [0.5, 0.6) is 0 Å². The maximum Gasteiger partial charge on any atom is 0.141 e. The van der Waals surface area contributed by atoms with E-state index >= 15 is 0 Å². The molecule has 1 heterocycles. The minimum absolute atomic E-state index is 0.140. The number of benzene rings is 1. The lowest BCUT2D eigenvalue weighted by Crippen LogP contribution is -1.82. The van der Waals surface area contributed by atoms with Crippen LogP contribution in [0.3, 0.4) is 0 Å². The van der Waals surface area contributed by atoms with E-state index in [1.165, 1.54) is 6.07 Å². The van der Waals surface area contributed by atoms with Crippen LogP contribution < -0.4 is 0 Å². The van der Waals surface area contributed by atoms with Crippen molar-refractivity contribution >= 4 is 22.9 Å². The zero-order valence-electron chi connectivity index (χ0n) is 8.13. The molecule has 1 nitrogen and oxygen atoms in total. The number of aromatic nitrogens is 1. The van der Waals surface area contributed by atoms with Crippen molar-refractivity contribution in [1.82, 2.24) is 4.98 Å². The largest absolute Gasteiger partial charge is 0.241 e. The number of rotatable bonds is 2. The van der Waals surface area contributed by atoms with Gasteiger partial charge in [-0.25, -0.2) is 9.37 Å². The standard InChI is InChI=1S/C11H9ClFNS/c1-2-8-6-15-11(14-8)7-3-4-10(13)9(12)5-7/h3-6H,2H2,1H3. The third kappa shape index (κ3) is 2.19. The summed E-state index contributed by atoms with van der Waals surface area (Å²) in [4.78, 5) is 4.41. The fourth-order valence-corrected chi connectivity index (χ4v) is 2.31. The molecule has 0 saturated heterocycles. The third-order valence-corrected chi connectivity index (χ3v) is 3.31. The van der Waals surface area contributed by atoms with Crippen LogP contribution in [0, 0.1) is 5.82 Å². The maximum atomic E-state index is 12.9. The molecule has 15 heavy (non-hydrogen) atoms. The Morgan fingerprint density at radius 3 is 2.87 bits per heavy atom. The molecule has 78 valence electrons. The quantitative estimate of drug-likeness (QED) is 0.769. The zero-order valence-corrected chi connectivity index (χ0v) is 9.70. The van der Waals surface area contributed by atoms with Crippen LogP contribution in [-0.2, 0) is 6.42 Å². The highest BCUT2D eigenvalue weighted by atomic mass is 35.5. The summed E-state index contributed by atoms with van der Waals surface area (Å²) in [6.07, 6.45) is 0.908. The van der Waals surface area contributed by atoms with Crippen LogP contribution in [0.15, 0.2) is 23.6 Å². The Bertz CT molecular complexity index is 481. The monoisotopic (exact) mass is 241 g/mol. The summed E-state index contributed by atoms with van der Waals surface area (Å²) in [6.45, 7) is 2.05. The Labute approximate surface area is 96.5 Å².